The van der Waals surface area contributed by atoms with E-state index in [9.17, 15) is 0 Å². The standard InChI is InChI=1S/C56H37N4O2.Pt/c1-36-25-28-50-48(29-36)46-27-26-43-33-53(46)60(50)55-30-37(2)49(34-57-55)47-19-6-9-24-54(47)62-41-17-10-15-39(31-41)45-21-12-20-44(38-13-4-3-5-14-38)56(45)59-35-58(51-22-7-8-23-52(51)59)40-16-11-18-42(32-40)61-43;/h3-31,34-35H,1-2H3;/q-3;/i1D3,2D3;. The number of fused-ring (bicyclic) bond motifs is 5. The van der Waals surface area contributed by atoms with Gasteiger partial charge in [0.2, 0.25) is 0 Å². The SMILES string of the molecule is [2H]C([2H])([2H])c1ccc2c(c1)c1ccc3[c-]c1n2-c1cc(C([2H])([2H])[2H])c(cn1)-c1ccccc1Oc1cccc(c1)-c1cccc(-c2ccccc2)c1N1[CH-]N(c2[c-]c(ccc2)O3)c2ccccc21.[Pt]. The molecule has 5 heterocycles. The van der Waals surface area contributed by atoms with Crippen LogP contribution < -0.4 is 19.3 Å². The molecule has 0 aliphatic carbocycles. The fraction of sp³-hybridized carbons (Fsp3) is 0.0357. The van der Waals surface area contributed by atoms with E-state index in [2.05, 4.69) is 77.1 Å². The van der Waals surface area contributed by atoms with Gasteiger partial charge in [-0.3, -0.25) is 0 Å². The molecule has 13 rings (SSSR count). The minimum absolute atomic E-state index is 0. The summed E-state index contributed by atoms with van der Waals surface area (Å²) in [7, 11) is 0. The van der Waals surface area contributed by atoms with Crippen molar-refractivity contribution in [2.45, 2.75) is 13.7 Å². The number of rotatable bonds is 1. The van der Waals surface area contributed by atoms with E-state index in [4.69, 9.17) is 22.7 Å². The molecular weight excluding hydrogens is 956 g/mol. The topological polar surface area (TPSA) is 42.8 Å². The Morgan fingerprint density at radius 3 is 2.19 bits per heavy atom. The molecule has 0 fully saturated rings. The van der Waals surface area contributed by atoms with Crippen LogP contribution in [0.4, 0.5) is 22.7 Å². The van der Waals surface area contributed by atoms with Crippen LogP contribution in [0.2, 0.25) is 0 Å². The zero-order chi connectivity index (χ0) is 46.3. The third-order valence-corrected chi connectivity index (χ3v) is 11.5. The van der Waals surface area contributed by atoms with Crippen LogP contribution in [0.3, 0.4) is 0 Å². The zero-order valence-electron chi connectivity index (χ0n) is 39.3. The number of nitrogens with zero attached hydrogens (tertiary/aromatic N) is 4. The van der Waals surface area contributed by atoms with E-state index in [1.54, 1.807) is 41.1 Å². The van der Waals surface area contributed by atoms with E-state index in [0.29, 0.717) is 61.7 Å². The minimum atomic E-state index is -2.58. The van der Waals surface area contributed by atoms with Gasteiger partial charge in [-0.05, 0) is 78.2 Å². The Hall–Kier alpha value is -7.40. The first kappa shape index (κ1) is 32.3. The van der Waals surface area contributed by atoms with Crippen molar-refractivity contribution < 1.29 is 38.8 Å². The second-order valence-corrected chi connectivity index (χ2v) is 15.3. The number of anilines is 4. The van der Waals surface area contributed by atoms with E-state index >= 15 is 0 Å². The van der Waals surface area contributed by atoms with Crippen molar-refractivity contribution in [1.82, 2.24) is 9.55 Å². The van der Waals surface area contributed by atoms with Crippen LogP contribution in [-0.4, -0.2) is 9.55 Å². The first-order chi connectivity index (χ1) is 33.0. The molecular formula is C56H37N4O2Pt-3. The summed E-state index contributed by atoms with van der Waals surface area (Å²) in [5, 5.41) is 1.32. The quantitative estimate of drug-likeness (QED) is 0.153. The predicted molar refractivity (Wildman–Crippen MR) is 250 cm³/mol. The number of ether oxygens (including phenoxy) is 2. The number of benzene rings is 8. The van der Waals surface area contributed by atoms with Crippen LogP contribution in [0, 0.1) is 32.5 Å². The second-order valence-electron chi connectivity index (χ2n) is 15.3. The van der Waals surface area contributed by atoms with Crippen LogP contribution >= 0.6 is 0 Å². The van der Waals surface area contributed by atoms with Gasteiger partial charge in [0, 0.05) is 91.8 Å². The van der Waals surface area contributed by atoms with Crippen molar-refractivity contribution in [3.8, 4) is 62.2 Å². The molecule has 2 aromatic heterocycles. The smallest absolute Gasteiger partial charge is 0.135 e. The van der Waals surface area contributed by atoms with Gasteiger partial charge in [0.1, 0.15) is 17.3 Å². The molecule has 7 heteroatoms. The minimum Gasteiger partial charge on any atom is -0.509 e. The summed E-state index contributed by atoms with van der Waals surface area (Å²) >= 11 is 0. The van der Waals surface area contributed by atoms with E-state index in [1.807, 2.05) is 97.1 Å². The first-order valence-electron chi connectivity index (χ1n) is 23.3. The van der Waals surface area contributed by atoms with Gasteiger partial charge in [0.15, 0.2) is 0 Å². The molecule has 6 nitrogen and oxygen atoms in total. The average molecular weight is 999 g/mol. The third-order valence-electron chi connectivity index (χ3n) is 11.5. The molecule has 0 atom stereocenters. The van der Waals surface area contributed by atoms with Crippen LogP contribution in [0.15, 0.2) is 182 Å². The van der Waals surface area contributed by atoms with Gasteiger partial charge in [-0.15, -0.1) is 48.1 Å². The van der Waals surface area contributed by atoms with Crippen molar-refractivity contribution in [2.24, 2.45) is 0 Å². The summed E-state index contributed by atoms with van der Waals surface area (Å²) in [5.74, 6) is 2.09. The molecule has 0 spiro atoms. The first-order valence-corrected chi connectivity index (χ1v) is 20.3. The molecule has 0 saturated heterocycles. The molecule has 10 bridgehead atoms. The number of aromatic nitrogens is 2. The number of hydrogen-bond donors (Lipinski definition) is 0. The Morgan fingerprint density at radius 1 is 0.571 bits per heavy atom. The number of aryl methyl sites for hydroxylation is 2. The summed E-state index contributed by atoms with van der Waals surface area (Å²) < 4.78 is 66.3. The summed E-state index contributed by atoms with van der Waals surface area (Å²) in [4.78, 5) is 9.26. The second kappa shape index (κ2) is 15.5. The van der Waals surface area contributed by atoms with E-state index in [0.717, 1.165) is 45.0 Å². The normalized spacial score (nSPS) is 14.4. The molecule has 0 amide bonds. The fourth-order valence-corrected chi connectivity index (χ4v) is 8.76. The van der Waals surface area contributed by atoms with E-state index in [1.165, 1.54) is 0 Å². The van der Waals surface area contributed by atoms with Gasteiger partial charge in [0.25, 0.3) is 0 Å². The van der Waals surface area contributed by atoms with Gasteiger partial charge in [-0.1, -0.05) is 114 Å². The third kappa shape index (κ3) is 6.57. The van der Waals surface area contributed by atoms with Crippen LogP contribution in [0.25, 0.3) is 61.0 Å². The van der Waals surface area contributed by atoms with Crippen molar-refractivity contribution in [3.63, 3.8) is 0 Å². The predicted octanol–water partition coefficient (Wildman–Crippen LogP) is 14.7. The van der Waals surface area contributed by atoms with Crippen molar-refractivity contribution in [3.05, 3.63) is 212 Å². The summed E-state index contributed by atoms with van der Waals surface area (Å²) in [6.45, 7) is -2.86. The fourth-order valence-electron chi connectivity index (χ4n) is 8.76. The van der Waals surface area contributed by atoms with Crippen LogP contribution in [0.1, 0.15) is 19.4 Å². The number of pyridine rings is 1. The van der Waals surface area contributed by atoms with E-state index in [-0.39, 0.29) is 32.2 Å². The molecule has 63 heavy (non-hydrogen) atoms. The Balaban J connectivity index is 0.00000520. The van der Waals surface area contributed by atoms with E-state index < -0.39 is 13.7 Å². The van der Waals surface area contributed by atoms with Gasteiger partial charge in [-0.2, -0.15) is 12.1 Å². The molecule has 0 saturated carbocycles. The summed E-state index contributed by atoms with van der Waals surface area (Å²) in [5.41, 5.74) is 9.79. The Kier molecular flexibility index (Phi) is 7.95. The van der Waals surface area contributed by atoms with Gasteiger partial charge in [0.05, 0.1) is 0 Å². The summed E-state index contributed by atoms with van der Waals surface area (Å²) in [6, 6.07) is 63.0. The van der Waals surface area contributed by atoms with Crippen molar-refractivity contribution >= 4 is 44.6 Å². The van der Waals surface area contributed by atoms with Crippen molar-refractivity contribution in [1.29, 1.82) is 0 Å². The molecule has 3 aliphatic rings. The molecule has 0 radical (unpaired) electrons. The number of para-hydroxylation sites is 4. The van der Waals surface area contributed by atoms with Crippen LogP contribution in [-0.2, 0) is 21.1 Å². The Bertz CT molecular complexity index is 3630. The number of hydrogen-bond acceptors (Lipinski definition) is 5. The molecule has 8 aromatic carbocycles. The maximum atomic E-state index is 8.85. The van der Waals surface area contributed by atoms with Crippen molar-refractivity contribution in [2.75, 3.05) is 9.80 Å². The Labute approximate surface area is 388 Å². The van der Waals surface area contributed by atoms with Gasteiger partial charge in [-0.25, -0.2) is 4.98 Å². The van der Waals surface area contributed by atoms with Gasteiger partial charge < -0.3 is 23.8 Å². The summed E-state index contributed by atoms with van der Waals surface area (Å²) in [6.07, 6.45) is 1.56. The molecule has 306 valence electrons. The zero-order valence-corrected chi connectivity index (χ0v) is 35.6. The maximum Gasteiger partial charge on any atom is 0.135 e. The monoisotopic (exact) mass is 998 g/mol. The molecule has 10 aromatic rings. The maximum absolute atomic E-state index is 8.85. The Morgan fingerprint density at radius 2 is 1.32 bits per heavy atom. The van der Waals surface area contributed by atoms with Gasteiger partial charge >= 0.3 is 0 Å². The molecule has 0 N–H and O–H groups in total. The molecule has 0 unspecified atom stereocenters. The molecule has 3 aliphatic heterocycles. The van der Waals surface area contributed by atoms with Crippen LogP contribution in [0.5, 0.6) is 23.0 Å². The average Bonchev–Trinajstić information content (AvgIpc) is 3.89. The largest absolute Gasteiger partial charge is 0.509 e.